The van der Waals surface area contributed by atoms with Crippen LogP contribution in [0.15, 0.2) is 175 Å². The molecule has 0 atom stereocenters. The number of carbonyl (C=O) groups excluding carboxylic acids is 2. The molecule has 566 valence electrons. The highest BCUT2D eigenvalue weighted by molar-refractivity contribution is 8.14. The molecule has 0 aromatic heterocycles. The van der Waals surface area contributed by atoms with E-state index >= 15 is 0 Å². The summed E-state index contributed by atoms with van der Waals surface area (Å²) >= 11 is 0. The van der Waals surface area contributed by atoms with Gasteiger partial charge in [-0.3, -0.25) is 14.9 Å². The van der Waals surface area contributed by atoms with Crippen molar-refractivity contribution in [2.45, 2.75) is 141 Å². The first kappa shape index (κ1) is 89.2. The average Bonchev–Trinajstić information content (AvgIpc) is 1.51. The third kappa shape index (κ3) is 25.8. The van der Waals surface area contributed by atoms with E-state index in [2.05, 4.69) is 10.6 Å². The van der Waals surface area contributed by atoms with Crippen molar-refractivity contribution >= 4 is 104 Å². The highest BCUT2D eigenvalue weighted by Gasteiger charge is 2.52. The third-order valence-electron chi connectivity index (χ3n) is 16.8. The Hall–Kier alpha value is -5.17. The molecule has 0 unspecified atom stereocenters. The van der Waals surface area contributed by atoms with Crippen molar-refractivity contribution in [1.29, 1.82) is 0 Å². The third-order valence-corrected chi connectivity index (χ3v) is 27.3. The summed E-state index contributed by atoms with van der Waals surface area (Å²) in [5.41, 5.74) is 9.56. The van der Waals surface area contributed by atoms with E-state index in [9.17, 15) is 60.1 Å². The Bertz CT molecular complexity index is 4260. The van der Waals surface area contributed by atoms with E-state index in [-0.39, 0.29) is 77.2 Å². The summed E-state index contributed by atoms with van der Waals surface area (Å²) in [5, 5.41) is 14.2. The van der Waals surface area contributed by atoms with E-state index < -0.39 is 63.9 Å². The summed E-state index contributed by atoms with van der Waals surface area (Å²) in [6, 6.07) is 40.1. The van der Waals surface area contributed by atoms with Gasteiger partial charge in [-0.05, 0) is 114 Å². The number of piperidine rings is 4. The number of nitrogens with one attached hydrogen (secondary N) is 2. The molecule has 5 N–H and O–H groups in total. The van der Waals surface area contributed by atoms with Crippen LogP contribution in [0, 0.1) is 41.5 Å². The van der Waals surface area contributed by atoms with Crippen molar-refractivity contribution in [3.8, 4) is 0 Å². The number of aryl methyl sites for hydroxylation is 6. The minimum absolute atomic E-state index is 0. The minimum atomic E-state index is -3.73. The van der Waals surface area contributed by atoms with Crippen LogP contribution < -0.4 is 16.4 Å². The van der Waals surface area contributed by atoms with Crippen LogP contribution in [-0.4, -0.2) is 188 Å². The molecular weight excluding hydrogens is 1500 g/mol. The predicted octanol–water partition coefficient (Wildman–Crippen LogP) is 8.73. The molecule has 102 heavy (non-hydrogen) atoms. The van der Waals surface area contributed by atoms with E-state index in [0.717, 1.165) is 65.9 Å². The Morgan fingerprint density at radius 3 is 0.971 bits per heavy atom. The average molecular weight is 1590 g/mol. The number of nitrogens with zero attached hydrogens (tertiary/aromatic N) is 4. The largest absolute Gasteiger partial charge is 0.395 e. The predicted molar refractivity (Wildman–Crippen MR) is 399 cm³/mol. The summed E-state index contributed by atoms with van der Waals surface area (Å²) in [6.45, 7) is 17.8. The Kier molecular flexibility index (Phi) is 35.0. The van der Waals surface area contributed by atoms with Gasteiger partial charge in [0, 0.05) is 145 Å². The normalized spacial score (nSPS) is 18.0. The van der Waals surface area contributed by atoms with Gasteiger partial charge in [0.2, 0.25) is 40.1 Å². The summed E-state index contributed by atoms with van der Waals surface area (Å²) in [6.07, 6.45) is 4.12. The van der Waals surface area contributed by atoms with Crippen LogP contribution >= 0.6 is 33.8 Å². The van der Waals surface area contributed by atoms with Crippen LogP contribution in [0.3, 0.4) is 0 Å². The van der Waals surface area contributed by atoms with Crippen molar-refractivity contribution in [3.63, 3.8) is 0 Å². The molecule has 33 heteroatoms. The fourth-order valence-electron chi connectivity index (χ4n) is 10.9. The van der Waals surface area contributed by atoms with Crippen molar-refractivity contribution in [2.75, 3.05) is 91.8 Å². The summed E-state index contributed by atoms with van der Waals surface area (Å²) < 4.78 is 162. The van der Waals surface area contributed by atoms with E-state index in [1.807, 2.05) is 53.7 Å². The van der Waals surface area contributed by atoms with Crippen molar-refractivity contribution in [3.05, 3.63) is 179 Å². The Morgan fingerprint density at radius 2 is 0.696 bits per heavy atom. The van der Waals surface area contributed by atoms with Gasteiger partial charge in [0.05, 0.1) is 49.2 Å². The summed E-state index contributed by atoms with van der Waals surface area (Å²) in [4.78, 5) is 23.0. The molecule has 12 rings (SSSR count). The SMILES string of the molecule is C.Cc1ccc(S(=O)(=O)Cl)cc1.Cc1ccc(S(=O)(=O)Cl)cc1.Cc1ccc(S(=O)(=O)N2CCC(=O)CC2)cc1.Cc1ccc(S(=O)(=O)N2CCC3(CC2)NCCO3)cc1.Cc1ccc(S(=O)(=O)N2CCC3(CC2)OCCN3S(=O)(=O)c2ccc(C)cc2)cc1.Cl.NCCO.O=C1CCNCC1. The van der Waals surface area contributed by atoms with Crippen molar-refractivity contribution < 1.29 is 74.7 Å². The number of nitrogens with two attached hydrogens (primary N) is 1. The first-order valence-electron chi connectivity index (χ1n) is 32.4. The molecular formula is C69H96Cl3N7O17S6. The van der Waals surface area contributed by atoms with Gasteiger partial charge in [-0.1, -0.05) is 114 Å². The highest BCUT2D eigenvalue weighted by Crippen LogP contribution is 2.40. The van der Waals surface area contributed by atoms with Gasteiger partial charge < -0.3 is 25.6 Å². The highest BCUT2D eigenvalue weighted by atomic mass is 35.7. The Morgan fingerprint density at radius 1 is 0.412 bits per heavy atom. The van der Waals surface area contributed by atoms with Gasteiger partial charge >= 0.3 is 0 Å². The van der Waals surface area contributed by atoms with E-state index in [1.165, 1.54) is 37.2 Å². The van der Waals surface area contributed by atoms with Gasteiger partial charge in [0.1, 0.15) is 23.0 Å². The van der Waals surface area contributed by atoms with E-state index in [0.29, 0.717) is 100 Å². The van der Waals surface area contributed by atoms with Gasteiger partial charge in [0.25, 0.3) is 18.1 Å². The van der Waals surface area contributed by atoms with E-state index in [4.69, 9.17) is 41.7 Å². The number of hydrogen-bond acceptors (Lipinski definition) is 20. The number of ketones is 2. The molecule has 24 nitrogen and oxygen atoms in total. The standard InChI is InChI=1S/C21H26N2O5S2.C14H20N2O3S.C12H15NO3S.2C7H7ClO2S.C5H9NO.C2H7NO.CH4.ClH/c1-17-3-7-19(8-4-17)29(24,25)22-13-11-21(12-14-22)23(15-16-28-21)30(26,27)20-9-5-18(2)6-10-20;1-12-2-4-13(5-3-12)20(17,18)16-9-6-14(7-10-16)15-8-11-19-14;1-10-2-4-12(5-3-10)17(15,16)13-8-6-11(14)7-9-13;2*1-6-2-4-7(5-3-6)11(8,9)10;7-5-1-3-6-4-2-5;3-1-2-4;;/h3-10H,11-16H2,1-2H3;2-5,15H,6-11H2,1H3;2-5H,6-9H2,1H3;2*2-5H,1H3;6H,1-4H2;4H,1-3H2;1H4;1H. The second kappa shape index (κ2) is 40.0. The lowest BCUT2D eigenvalue weighted by molar-refractivity contribution is -0.121. The monoisotopic (exact) mass is 1590 g/mol. The molecule has 0 aliphatic carbocycles. The molecule has 6 heterocycles. The van der Waals surface area contributed by atoms with Crippen molar-refractivity contribution in [1.82, 2.24) is 27.9 Å². The van der Waals surface area contributed by atoms with Crippen LogP contribution in [0.1, 0.15) is 92.2 Å². The first-order valence-corrected chi connectivity index (χ1v) is 42.8. The lowest BCUT2D eigenvalue weighted by atomic mass is 10.0. The van der Waals surface area contributed by atoms with E-state index in [1.54, 1.807) is 113 Å². The Labute approximate surface area is 619 Å². The van der Waals surface area contributed by atoms with Gasteiger partial charge in [-0.2, -0.15) is 17.2 Å². The number of hydrogen-bond donors (Lipinski definition) is 4. The molecule has 0 radical (unpaired) electrons. The number of sulfonamides is 4. The van der Waals surface area contributed by atoms with Crippen LogP contribution in [0.25, 0.3) is 0 Å². The van der Waals surface area contributed by atoms with Gasteiger partial charge in [-0.25, -0.2) is 50.5 Å². The van der Waals surface area contributed by atoms with Crippen LogP contribution in [-0.2, 0) is 77.3 Å². The number of benzene rings is 6. The number of carbonyl (C=O) groups is 2. The fraction of sp³-hybridized carbons (Fsp3) is 0.449. The lowest BCUT2D eigenvalue weighted by Gasteiger charge is -2.42. The zero-order valence-electron chi connectivity index (χ0n) is 57.4. The maximum atomic E-state index is 13.3. The van der Waals surface area contributed by atoms with Crippen LogP contribution in [0.2, 0.25) is 0 Å². The molecule has 0 amide bonds. The molecule has 6 fully saturated rings. The fourth-order valence-corrected chi connectivity index (χ4v) is 18.5. The lowest BCUT2D eigenvalue weighted by Crippen LogP contribution is -2.55. The molecule has 6 aliphatic heterocycles. The topological polar surface area (TPSA) is 341 Å². The number of aliphatic hydroxyl groups is 1. The minimum Gasteiger partial charge on any atom is -0.395 e. The van der Waals surface area contributed by atoms with Gasteiger partial charge in [-0.15, -0.1) is 12.4 Å². The number of Topliss-reactive ketones (excluding diaryl/α,β-unsaturated/α-hetero) is 2. The smallest absolute Gasteiger partial charge is 0.261 e. The molecule has 6 aliphatic rings. The maximum absolute atomic E-state index is 13.3. The summed E-state index contributed by atoms with van der Waals surface area (Å²) in [7, 11) is -11.1. The maximum Gasteiger partial charge on any atom is 0.261 e. The summed E-state index contributed by atoms with van der Waals surface area (Å²) in [5.74, 6) is 0.541. The molecule has 6 aromatic carbocycles. The first-order chi connectivity index (χ1) is 47.0. The molecule has 6 saturated heterocycles. The van der Waals surface area contributed by atoms with Crippen LogP contribution in [0.4, 0.5) is 0 Å². The molecule has 0 saturated carbocycles. The van der Waals surface area contributed by atoms with Gasteiger partial charge in [0.15, 0.2) is 0 Å². The van der Waals surface area contributed by atoms with Crippen molar-refractivity contribution in [2.24, 2.45) is 5.73 Å². The number of halogens is 3. The number of aliphatic hydroxyl groups excluding tert-OH is 1. The Balaban J connectivity index is 0.000000270. The molecule has 6 aromatic rings. The molecule has 2 spiro atoms. The number of rotatable bonds is 11. The second-order valence-electron chi connectivity index (χ2n) is 24.4. The zero-order chi connectivity index (χ0) is 73.7. The molecule has 0 bridgehead atoms. The zero-order valence-corrected chi connectivity index (χ0v) is 64.6. The quantitative estimate of drug-likeness (QED) is 0.0880. The second-order valence-corrected chi connectivity index (χ2v) is 37.3. The number of ether oxygens (including phenoxy) is 2. The van der Waals surface area contributed by atoms with Crippen LogP contribution in [0.5, 0.6) is 0 Å².